The number of carbonyl (C=O) groups is 2. The highest BCUT2D eigenvalue weighted by Crippen LogP contribution is 2.34. The Morgan fingerprint density at radius 3 is 2.83 bits per heavy atom. The van der Waals surface area contributed by atoms with Crippen LogP contribution in [0.25, 0.3) is 0 Å². The second kappa shape index (κ2) is 9.19. The monoisotopic (exact) mass is 475 g/mol. The predicted molar refractivity (Wildman–Crippen MR) is 120 cm³/mol. The van der Waals surface area contributed by atoms with Crippen LogP contribution in [0.4, 0.5) is 11.4 Å². The van der Waals surface area contributed by atoms with Crippen molar-refractivity contribution in [3.05, 3.63) is 52.5 Å². The molecule has 0 aliphatic carbocycles. The van der Waals surface area contributed by atoms with Gasteiger partial charge >= 0.3 is 0 Å². The highest BCUT2D eigenvalue weighted by Gasteiger charge is 2.27. The molecule has 1 saturated heterocycles. The zero-order valence-electron chi connectivity index (χ0n) is 15.9. The van der Waals surface area contributed by atoms with Crippen LogP contribution in [0.3, 0.4) is 0 Å². The molecule has 1 fully saturated rings. The van der Waals surface area contributed by atoms with Crippen molar-refractivity contribution in [1.29, 1.82) is 0 Å². The fourth-order valence-electron chi connectivity index (χ4n) is 3.46. The van der Waals surface area contributed by atoms with E-state index in [0.717, 1.165) is 29.8 Å². The molecule has 2 aromatic carbocycles. The van der Waals surface area contributed by atoms with Gasteiger partial charge in [-0.2, -0.15) is 11.8 Å². The summed E-state index contributed by atoms with van der Waals surface area (Å²) in [6.07, 6.45) is 0. The standard InChI is InChI=1S/C21H22BrN3O3S/c22-16-4-5-18-19(11-16)28-14-21(27)25(18)13-20(26)23-17-3-1-2-15(10-17)12-24-6-8-29-9-7-24/h1-5,10-11H,6-9,12-14H2,(H,23,26). The maximum absolute atomic E-state index is 12.6. The number of fused-ring (bicyclic) bond motifs is 1. The Labute approximate surface area is 182 Å². The summed E-state index contributed by atoms with van der Waals surface area (Å²) in [5.41, 5.74) is 2.53. The topological polar surface area (TPSA) is 61.9 Å². The van der Waals surface area contributed by atoms with Gasteiger partial charge < -0.3 is 10.1 Å². The van der Waals surface area contributed by atoms with E-state index in [0.29, 0.717) is 11.4 Å². The number of anilines is 2. The van der Waals surface area contributed by atoms with Crippen molar-refractivity contribution in [2.75, 3.05) is 48.0 Å². The van der Waals surface area contributed by atoms with Gasteiger partial charge in [0, 0.05) is 41.3 Å². The molecule has 2 amide bonds. The third-order valence-electron chi connectivity index (χ3n) is 4.89. The lowest BCUT2D eigenvalue weighted by molar-refractivity contribution is -0.123. The first kappa shape index (κ1) is 20.3. The SMILES string of the molecule is O=C(CN1C(=O)COc2cc(Br)ccc21)Nc1cccc(CN2CCSCC2)c1. The van der Waals surface area contributed by atoms with Gasteiger partial charge in [-0.05, 0) is 35.9 Å². The van der Waals surface area contributed by atoms with Crippen LogP contribution in [0.2, 0.25) is 0 Å². The molecule has 0 radical (unpaired) electrons. The van der Waals surface area contributed by atoms with Crippen molar-refractivity contribution in [2.24, 2.45) is 0 Å². The largest absolute Gasteiger partial charge is 0.482 e. The van der Waals surface area contributed by atoms with E-state index in [9.17, 15) is 9.59 Å². The molecule has 0 aromatic heterocycles. The Morgan fingerprint density at radius 2 is 2.00 bits per heavy atom. The minimum Gasteiger partial charge on any atom is -0.482 e. The molecular weight excluding hydrogens is 454 g/mol. The van der Waals surface area contributed by atoms with E-state index < -0.39 is 0 Å². The van der Waals surface area contributed by atoms with Gasteiger partial charge in [0.15, 0.2) is 6.61 Å². The minimum absolute atomic E-state index is 0.0512. The summed E-state index contributed by atoms with van der Waals surface area (Å²) in [5.74, 6) is 2.46. The smallest absolute Gasteiger partial charge is 0.265 e. The Hall–Kier alpha value is -2.03. The van der Waals surface area contributed by atoms with Gasteiger partial charge in [-0.15, -0.1) is 0 Å². The first-order valence-electron chi connectivity index (χ1n) is 9.50. The molecule has 0 unspecified atom stereocenters. The molecule has 0 atom stereocenters. The maximum Gasteiger partial charge on any atom is 0.265 e. The average molecular weight is 476 g/mol. The molecule has 1 N–H and O–H groups in total. The quantitative estimate of drug-likeness (QED) is 0.718. The number of nitrogens with one attached hydrogen (secondary N) is 1. The number of halogens is 1. The van der Waals surface area contributed by atoms with Crippen molar-refractivity contribution < 1.29 is 14.3 Å². The number of hydrogen-bond acceptors (Lipinski definition) is 5. The van der Waals surface area contributed by atoms with Crippen molar-refractivity contribution in [3.8, 4) is 5.75 Å². The fourth-order valence-corrected chi connectivity index (χ4v) is 4.78. The normalized spacial score (nSPS) is 16.9. The van der Waals surface area contributed by atoms with Crippen LogP contribution >= 0.6 is 27.7 Å². The lowest BCUT2D eigenvalue weighted by Gasteiger charge is -2.29. The molecule has 2 heterocycles. The number of ether oxygens (including phenoxy) is 1. The molecule has 152 valence electrons. The van der Waals surface area contributed by atoms with E-state index in [1.165, 1.54) is 22.0 Å². The van der Waals surface area contributed by atoms with E-state index in [1.54, 1.807) is 12.1 Å². The van der Waals surface area contributed by atoms with Crippen molar-refractivity contribution in [2.45, 2.75) is 6.54 Å². The molecule has 4 rings (SSSR count). The van der Waals surface area contributed by atoms with E-state index >= 15 is 0 Å². The molecule has 2 aromatic rings. The summed E-state index contributed by atoms with van der Waals surface area (Å²) in [5, 5.41) is 2.92. The van der Waals surface area contributed by atoms with E-state index in [-0.39, 0.29) is 25.0 Å². The van der Waals surface area contributed by atoms with Crippen molar-refractivity contribution >= 4 is 50.9 Å². The first-order chi connectivity index (χ1) is 14.1. The summed E-state index contributed by atoms with van der Waals surface area (Å²) in [4.78, 5) is 28.8. The first-order valence-corrected chi connectivity index (χ1v) is 11.4. The molecular formula is C21H22BrN3O3S. The van der Waals surface area contributed by atoms with E-state index in [2.05, 4.69) is 32.2 Å². The van der Waals surface area contributed by atoms with Crippen LogP contribution in [0.1, 0.15) is 5.56 Å². The van der Waals surface area contributed by atoms with Crippen molar-refractivity contribution in [3.63, 3.8) is 0 Å². The van der Waals surface area contributed by atoms with Crippen LogP contribution in [-0.4, -0.2) is 54.5 Å². The summed E-state index contributed by atoms with van der Waals surface area (Å²) in [7, 11) is 0. The highest BCUT2D eigenvalue weighted by molar-refractivity contribution is 9.10. The summed E-state index contributed by atoms with van der Waals surface area (Å²) < 4.78 is 6.34. The zero-order chi connectivity index (χ0) is 20.2. The second-order valence-electron chi connectivity index (χ2n) is 7.02. The summed E-state index contributed by atoms with van der Waals surface area (Å²) >= 11 is 5.39. The number of benzene rings is 2. The molecule has 29 heavy (non-hydrogen) atoms. The van der Waals surface area contributed by atoms with Gasteiger partial charge in [-0.1, -0.05) is 28.1 Å². The van der Waals surface area contributed by atoms with Gasteiger partial charge in [0.1, 0.15) is 12.3 Å². The summed E-state index contributed by atoms with van der Waals surface area (Å²) in [6.45, 7) is 2.95. The number of rotatable bonds is 5. The van der Waals surface area contributed by atoms with Gasteiger partial charge in [-0.3, -0.25) is 19.4 Å². The Balaban J connectivity index is 1.41. The number of amides is 2. The van der Waals surface area contributed by atoms with Crippen LogP contribution < -0.4 is 15.0 Å². The highest BCUT2D eigenvalue weighted by atomic mass is 79.9. The Morgan fingerprint density at radius 1 is 1.17 bits per heavy atom. The van der Waals surface area contributed by atoms with Crippen molar-refractivity contribution in [1.82, 2.24) is 4.90 Å². The second-order valence-corrected chi connectivity index (χ2v) is 9.16. The van der Waals surface area contributed by atoms with Gasteiger partial charge in [-0.25, -0.2) is 0 Å². The third kappa shape index (κ3) is 5.12. The predicted octanol–water partition coefficient (Wildman–Crippen LogP) is 3.36. The van der Waals surface area contributed by atoms with E-state index in [1.807, 2.05) is 36.0 Å². The fraction of sp³-hybridized carbons (Fsp3) is 0.333. The summed E-state index contributed by atoms with van der Waals surface area (Å²) in [6, 6.07) is 13.3. The van der Waals surface area contributed by atoms with Crippen LogP contribution in [-0.2, 0) is 16.1 Å². The molecule has 8 heteroatoms. The van der Waals surface area contributed by atoms with E-state index in [4.69, 9.17) is 4.74 Å². The average Bonchev–Trinajstić information content (AvgIpc) is 2.71. The molecule has 2 aliphatic rings. The zero-order valence-corrected chi connectivity index (χ0v) is 18.3. The molecule has 0 bridgehead atoms. The number of thioether (sulfide) groups is 1. The van der Waals surface area contributed by atoms with Gasteiger partial charge in [0.2, 0.25) is 5.91 Å². The van der Waals surface area contributed by atoms with Gasteiger partial charge in [0.05, 0.1) is 5.69 Å². The molecule has 0 saturated carbocycles. The Bertz CT molecular complexity index is 918. The third-order valence-corrected chi connectivity index (χ3v) is 6.32. The minimum atomic E-state index is -0.236. The lowest BCUT2D eigenvalue weighted by atomic mass is 10.2. The molecule has 2 aliphatic heterocycles. The molecule has 0 spiro atoms. The number of nitrogens with zero attached hydrogens (tertiary/aromatic N) is 2. The van der Waals surface area contributed by atoms with Crippen LogP contribution in [0.15, 0.2) is 46.9 Å². The van der Waals surface area contributed by atoms with Gasteiger partial charge in [0.25, 0.3) is 5.91 Å². The lowest BCUT2D eigenvalue weighted by Crippen LogP contribution is -2.43. The maximum atomic E-state index is 12.6. The molecule has 6 nitrogen and oxygen atoms in total. The van der Waals surface area contributed by atoms with Crippen LogP contribution in [0, 0.1) is 0 Å². The number of hydrogen-bond donors (Lipinski definition) is 1. The van der Waals surface area contributed by atoms with Crippen LogP contribution in [0.5, 0.6) is 5.75 Å². The number of carbonyl (C=O) groups excluding carboxylic acids is 2. The Kier molecular flexibility index (Phi) is 6.42.